The van der Waals surface area contributed by atoms with Gasteiger partial charge in [0.15, 0.2) is 5.82 Å². The van der Waals surface area contributed by atoms with E-state index in [1.165, 1.54) is 6.26 Å². The van der Waals surface area contributed by atoms with E-state index in [1.807, 2.05) is 0 Å². The van der Waals surface area contributed by atoms with Crippen molar-refractivity contribution in [1.29, 1.82) is 0 Å². The fourth-order valence-electron chi connectivity index (χ4n) is 1.06. The van der Waals surface area contributed by atoms with Crippen LogP contribution in [0.4, 0.5) is 6.01 Å². The van der Waals surface area contributed by atoms with Crippen molar-refractivity contribution in [1.82, 2.24) is 10.1 Å². The first kappa shape index (κ1) is 11.0. The van der Waals surface area contributed by atoms with Crippen LogP contribution in [0.1, 0.15) is 12.7 Å². The Morgan fingerprint density at radius 3 is 2.64 bits per heavy atom. The predicted octanol–water partition coefficient (Wildman–Crippen LogP) is 0.223. The minimum atomic E-state index is -2.99. The summed E-state index contributed by atoms with van der Waals surface area (Å²) in [6.07, 6.45) is 1.18. The van der Waals surface area contributed by atoms with Gasteiger partial charge in [-0.15, -0.1) is 0 Å². The van der Waals surface area contributed by atoms with Crippen LogP contribution < -0.4 is 5.32 Å². The average Bonchev–Trinajstić information content (AvgIpc) is 2.30. The van der Waals surface area contributed by atoms with Crippen molar-refractivity contribution >= 4 is 15.9 Å². The first-order valence-electron chi connectivity index (χ1n) is 4.11. The molecule has 0 aliphatic heterocycles. The fraction of sp³-hybridized carbons (Fsp3) is 0.714. The van der Waals surface area contributed by atoms with Crippen molar-refractivity contribution in [3.8, 4) is 0 Å². The van der Waals surface area contributed by atoms with Gasteiger partial charge in [-0.2, -0.15) is 4.98 Å². The van der Waals surface area contributed by atoms with E-state index in [2.05, 4.69) is 15.5 Å². The Labute approximate surface area is 82.6 Å². The van der Waals surface area contributed by atoms with Gasteiger partial charge in [0.2, 0.25) is 0 Å². The molecule has 0 amide bonds. The lowest BCUT2D eigenvalue weighted by molar-refractivity contribution is 0.423. The third-order valence-corrected chi connectivity index (χ3v) is 2.56. The molecule has 7 heteroatoms. The van der Waals surface area contributed by atoms with E-state index in [9.17, 15) is 8.42 Å². The molecule has 0 saturated carbocycles. The molecule has 0 aliphatic rings. The van der Waals surface area contributed by atoms with Crippen molar-refractivity contribution in [3.05, 3.63) is 5.82 Å². The molecule has 0 aromatic carbocycles. The Balaban J connectivity index is 2.53. The maximum Gasteiger partial charge on any atom is 0.321 e. The van der Waals surface area contributed by atoms with Crippen LogP contribution in [-0.4, -0.2) is 36.6 Å². The Hall–Kier alpha value is -1.11. The third kappa shape index (κ3) is 3.73. The molecule has 1 heterocycles. The van der Waals surface area contributed by atoms with Crippen LogP contribution >= 0.6 is 0 Å². The topological polar surface area (TPSA) is 85.1 Å². The Kier molecular flexibility index (Phi) is 3.10. The summed E-state index contributed by atoms with van der Waals surface area (Å²) < 4.78 is 26.6. The quantitative estimate of drug-likeness (QED) is 0.779. The molecule has 0 saturated heterocycles. The number of sulfone groups is 1. The lowest BCUT2D eigenvalue weighted by atomic mass is 10.4. The van der Waals surface area contributed by atoms with E-state index >= 15 is 0 Å². The Bertz CT molecular complexity index is 398. The molecule has 1 aromatic heterocycles. The second-order valence-electron chi connectivity index (χ2n) is 3.28. The molecule has 80 valence electrons. The summed E-state index contributed by atoms with van der Waals surface area (Å²) in [6, 6.07) is 0.00324. The smallest absolute Gasteiger partial charge is 0.321 e. The molecule has 0 bridgehead atoms. The van der Waals surface area contributed by atoms with Gasteiger partial charge in [0, 0.05) is 12.3 Å². The summed E-state index contributed by atoms with van der Waals surface area (Å²) in [4.78, 5) is 3.90. The molecule has 1 N–H and O–H groups in total. The van der Waals surface area contributed by atoms with Gasteiger partial charge in [0.1, 0.15) is 9.84 Å². The van der Waals surface area contributed by atoms with Crippen molar-refractivity contribution in [2.24, 2.45) is 0 Å². The standard InChI is InChI=1S/C7H13N3O3S/c1-5(4-14(3,11)12)8-7-9-6(2)10-13-7/h5H,4H2,1-3H3,(H,8,9,10). The SMILES string of the molecule is Cc1noc(NC(C)CS(C)(=O)=O)n1. The number of hydrogen-bond acceptors (Lipinski definition) is 6. The minimum absolute atomic E-state index is 0.0361. The molecular formula is C7H13N3O3S. The summed E-state index contributed by atoms with van der Waals surface area (Å²) >= 11 is 0. The molecule has 1 atom stereocenters. The highest BCUT2D eigenvalue weighted by Gasteiger charge is 2.12. The highest BCUT2D eigenvalue weighted by molar-refractivity contribution is 7.90. The maximum absolute atomic E-state index is 10.9. The zero-order chi connectivity index (χ0) is 10.8. The molecule has 0 spiro atoms. The van der Waals surface area contributed by atoms with E-state index in [4.69, 9.17) is 4.52 Å². The second-order valence-corrected chi connectivity index (χ2v) is 5.47. The first-order valence-corrected chi connectivity index (χ1v) is 6.17. The number of hydrogen-bond donors (Lipinski definition) is 1. The molecule has 6 nitrogen and oxygen atoms in total. The average molecular weight is 219 g/mol. The van der Waals surface area contributed by atoms with Gasteiger partial charge in [-0.3, -0.25) is 0 Å². The number of nitrogens with zero attached hydrogens (tertiary/aromatic N) is 2. The molecule has 14 heavy (non-hydrogen) atoms. The van der Waals surface area contributed by atoms with Crippen molar-refractivity contribution in [3.63, 3.8) is 0 Å². The monoisotopic (exact) mass is 219 g/mol. The molecule has 1 aromatic rings. The van der Waals surface area contributed by atoms with Crippen LogP contribution in [0.25, 0.3) is 0 Å². The lowest BCUT2D eigenvalue weighted by Gasteiger charge is -2.09. The number of rotatable bonds is 4. The van der Waals surface area contributed by atoms with Crippen LogP contribution in [0.5, 0.6) is 0 Å². The summed E-state index contributed by atoms with van der Waals surface area (Å²) in [5.74, 6) is 0.549. The van der Waals surface area contributed by atoms with Gasteiger partial charge in [-0.25, -0.2) is 8.42 Å². The fourth-order valence-corrected chi connectivity index (χ4v) is 2.05. The summed E-state index contributed by atoms with van der Waals surface area (Å²) in [7, 11) is -2.99. The van der Waals surface area contributed by atoms with Gasteiger partial charge < -0.3 is 9.84 Å². The maximum atomic E-state index is 10.9. The predicted molar refractivity (Wildman–Crippen MR) is 51.8 cm³/mol. The molecule has 0 aliphatic carbocycles. The largest absolute Gasteiger partial charge is 0.334 e. The molecule has 1 rings (SSSR count). The summed E-state index contributed by atoms with van der Waals surface area (Å²) in [6.45, 7) is 3.43. The van der Waals surface area contributed by atoms with E-state index < -0.39 is 9.84 Å². The van der Waals surface area contributed by atoms with E-state index in [1.54, 1.807) is 13.8 Å². The number of aromatic nitrogens is 2. The van der Waals surface area contributed by atoms with Crippen molar-refractivity contribution < 1.29 is 12.9 Å². The molecule has 0 radical (unpaired) electrons. The van der Waals surface area contributed by atoms with Gasteiger partial charge in [-0.1, -0.05) is 5.16 Å². The van der Waals surface area contributed by atoms with Crippen LogP contribution in [0.15, 0.2) is 4.52 Å². The highest BCUT2D eigenvalue weighted by Crippen LogP contribution is 2.05. The third-order valence-electron chi connectivity index (χ3n) is 1.45. The molecule has 0 fully saturated rings. The lowest BCUT2D eigenvalue weighted by Crippen LogP contribution is -2.25. The first-order chi connectivity index (χ1) is 6.37. The van der Waals surface area contributed by atoms with Crippen LogP contribution in [0.2, 0.25) is 0 Å². The summed E-state index contributed by atoms with van der Waals surface area (Å²) in [5.41, 5.74) is 0. The molecular weight excluding hydrogens is 206 g/mol. The zero-order valence-electron chi connectivity index (χ0n) is 8.31. The second kappa shape index (κ2) is 3.95. The molecule has 1 unspecified atom stereocenters. The Morgan fingerprint density at radius 2 is 2.21 bits per heavy atom. The zero-order valence-corrected chi connectivity index (χ0v) is 9.13. The van der Waals surface area contributed by atoms with Gasteiger partial charge in [-0.05, 0) is 13.8 Å². The number of aryl methyl sites for hydroxylation is 1. The van der Waals surface area contributed by atoms with Crippen molar-refractivity contribution in [2.45, 2.75) is 19.9 Å². The van der Waals surface area contributed by atoms with Gasteiger partial charge in [0.25, 0.3) is 0 Å². The number of nitrogens with one attached hydrogen (secondary N) is 1. The summed E-state index contributed by atoms with van der Waals surface area (Å²) in [5, 5.41) is 6.37. The van der Waals surface area contributed by atoms with Gasteiger partial charge in [0.05, 0.1) is 5.75 Å². The van der Waals surface area contributed by atoms with Crippen LogP contribution in [-0.2, 0) is 9.84 Å². The van der Waals surface area contributed by atoms with Crippen molar-refractivity contribution in [2.75, 3.05) is 17.3 Å². The van der Waals surface area contributed by atoms with Crippen LogP contribution in [0, 0.1) is 6.92 Å². The van der Waals surface area contributed by atoms with Crippen LogP contribution in [0.3, 0.4) is 0 Å². The normalized spacial score (nSPS) is 13.9. The van der Waals surface area contributed by atoms with E-state index in [-0.39, 0.29) is 17.8 Å². The minimum Gasteiger partial charge on any atom is -0.334 e. The van der Waals surface area contributed by atoms with E-state index in [0.29, 0.717) is 5.82 Å². The van der Waals surface area contributed by atoms with E-state index in [0.717, 1.165) is 0 Å². The highest BCUT2D eigenvalue weighted by atomic mass is 32.2. The van der Waals surface area contributed by atoms with Gasteiger partial charge >= 0.3 is 6.01 Å². The number of anilines is 1. The Morgan fingerprint density at radius 1 is 1.57 bits per heavy atom.